The number of anilines is 2. The maximum atomic E-state index is 11.5. The number of hydrogen-bond acceptors (Lipinski definition) is 4. The van der Waals surface area contributed by atoms with Gasteiger partial charge in [-0.2, -0.15) is 0 Å². The summed E-state index contributed by atoms with van der Waals surface area (Å²) < 4.78 is 0. The number of carbonyl (C=O) groups is 3. The van der Waals surface area contributed by atoms with Gasteiger partial charge in [-0.25, -0.2) is 9.59 Å². The van der Waals surface area contributed by atoms with Gasteiger partial charge in [0.1, 0.15) is 0 Å². The molecule has 0 aromatic heterocycles. The molecule has 0 heterocycles. The van der Waals surface area contributed by atoms with Crippen LogP contribution >= 0.6 is 0 Å². The lowest BCUT2D eigenvalue weighted by Crippen LogP contribution is -2.33. The molecule has 8 nitrogen and oxygen atoms in total. The molecule has 0 fully saturated rings. The van der Waals surface area contributed by atoms with Gasteiger partial charge >= 0.3 is 12.0 Å². The number of urea groups is 1. The molecule has 0 bridgehead atoms. The molecule has 0 spiro atoms. The summed E-state index contributed by atoms with van der Waals surface area (Å²) in [5.74, 6) is -1.52. The van der Waals surface area contributed by atoms with E-state index in [1.54, 1.807) is 24.3 Å². The van der Waals surface area contributed by atoms with Crippen molar-refractivity contribution in [3.05, 3.63) is 24.3 Å². The SMILES string of the molecule is CC(=O)Nc1ccc(NC(=O)NCCC(O)C(=O)O)cc1. The van der Waals surface area contributed by atoms with E-state index in [2.05, 4.69) is 16.0 Å². The minimum atomic E-state index is -1.50. The molecule has 0 saturated carbocycles. The van der Waals surface area contributed by atoms with Crippen LogP contribution in [0, 0.1) is 0 Å². The summed E-state index contributed by atoms with van der Waals surface area (Å²) in [6, 6.07) is 5.96. The third kappa shape index (κ3) is 6.39. The fourth-order valence-corrected chi connectivity index (χ4v) is 1.46. The number of benzene rings is 1. The normalized spacial score (nSPS) is 11.3. The zero-order valence-corrected chi connectivity index (χ0v) is 11.4. The highest BCUT2D eigenvalue weighted by Gasteiger charge is 2.12. The highest BCUT2D eigenvalue weighted by atomic mass is 16.4. The second-order valence-corrected chi connectivity index (χ2v) is 4.28. The lowest BCUT2D eigenvalue weighted by Gasteiger charge is -2.09. The van der Waals surface area contributed by atoms with Crippen LogP contribution in [0.4, 0.5) is 16.2 Å². The molecule has 114 valence electrons. The molecule has 1 unspecified atom stereocenters. The Bertz CT molecular complexity index is 515. The zero-order valence-electron chi connectivity index (χ0n) is 11.4. The monoisotopic (exact) mass is 295 g/mol. The first-order chi connectivity index (χ1) is 9.88. The molecule has 0 aliphatic heterocycles. The van der Waals surface area contributed by atoms with Crippen molar-refractivity contribution in [1.82, 2.24) is 5.32 Å². The van der Waals surface area contributed by atoms with Gasteiger partial charge in [0, 0.05) is 31.3 Å². The molecule has 0 saturated heterocycles. The van der Waals surface area contributed by atoms with Crippen molar-refractivity contribution < 1.29 is 24.6 Å². The Labute approximate surface area is 121 Å². The van der Waals surface area contributed by atoms with Crippen LogP contribution in [0.1, 0.15) is 13.3 Å². The first kappa shape index (κ1) is 16.4. The molecular formula is C13H17N3O5. The zero-order chi connectivity index (χ0) is 15.8. The van der Waals surface area contributed by atoms with Gasteiger partial charge < -0.3 is 26.2 Å². The van der Waals surface area contributed by atoms with Crippen molar-refractivity contribution in [1.29, 1.82) is 0 Å². The fourth-order valence-electron chi connectivity index (χ4n) is 1.46. The number of carboxylic acids is 1. The van der Waals surface area contributed by atoms with E-state index in [-0.39, 0.29) is 18.9 Å². The summed E-state index contributed by atoms with van der Waals surface area (Å²) in [6.45, 7) is 1.43. The number of carboxylic acid groups (broad SMARTS) is 1. The molecule has 8 heteroatoms. The van der Waals surface area contributed by atoms with E-state index in [4.69, 9.17) is 10.2 Å². The van der Waals surface area contributed by atoms with Crippen LogP contribution < -0.4 is 16.0 Å². The predicted molar refractivity (Wildman–Crippen MR) is 76.0 cm³/mol. The molecule has 1 rings (SSSR count). The summed E-state index contributed by atoms with van der Waals surface area (Å²) in [4.78, 5) is 32.7. The van der Waals surface area contributed by atoms with E-state index in [1.807, 2.05) is 0 Å². The molecule has 0 aliphatic rings. The Morgan fingerprint density at radius 1 is 1.10 bits per heavy atom. The molecule has 0 radical (unpaired) electrons. The second-order valence-electron chi connectivity index (χ2n) is 4.28. The highest BCUT2D eigenvalue weighted by molar-refractivity contribution is 5.91. The standard InChI is InChI=1S/C13H17N3O5/c1-8(17)15-9-2-4-10(5-3-9)16-13(21)14-7-6-11(18)12(19)20/h2-5,11,18H,6-7H2,1H3,(H,15,17)(H,19,20)(H2,14,16,21). The van der Waals surface area contributed by atoms with E-state index >= 15 is 0 Å². The second kappa shape index (κ2) is 7.85. The predicted octanol–water partition coefficient (Wildman–Crippen LogP) is 0.602. The van der Waals surface area contributed by atoms with Crippen LogP contribution in [-0.2, 0) is 9.59 Å². The van der Waals surface area contributed by atoms with Gasteiger partial charge in [-0.15, -0.1) is 0 Å². The average molecular weight is 295 g/mol. The van der Waals surface area contributed by atoms with Crippen LogP contribution in [0.25, 0.3) is 0 Å². The number of hydrogen-bond donors (Lipinski definition) is 5. The van der Waals surface area contributed by atoms with Crippen LogP contribution in [-0.4, -0.2) is 40.8 Å². The average Bonchev–Trinajstić information content (AvgIpc) is 2.40. The Kier molecular flexibility index (Phi) is 6.15. The summed E-state index contributed by atoms with van der Waals surface area (Å²) >= 11 is 0. The first-order valence-corrected chi connectivity index (χ1v) is 6.22. The van der Waals surface area contributed by atoms with Gasteiger partial charge in [-0.1, -0.05) is 0 Å². The molecule has 0 aliphatic carbocycles. The number of aliphatic carboxylic acids is 1. The first-order valence-electron chi connectivity index (χ1n) is 6.22. The fraction of sp³-hybridized carbons (Fsp3) is 0.308. The summed E-state index contributed by atoms with van der Waals surface area (Å²) in [5.41, 5.74) is 1.12. The Morgan fingerprint density at radius 2 is 1.62 bits per heavy atom. The third-order valence-corrected chi connectivity index (χ3v) is 2.45. The van der Waals surface area contributed by atoms with Crippen molar-refractivity contribution in [2.24, 2.45) is 0 Å². The van der Waals surface area contributed by atoms with Crippen LogP contribution in [0.15, 0.2) is 24.3 Å². The Morgan fingerprint density at radius 3 is 2.10 bits per heavy atom. The number of aliphatic hydroxyl groups excluding tert-OH is 1. The molecule has 3 amide bonds. The van der Waals surface area contributed by atoms with Crippen molar-refractivity contribution in [3.63, 3.8) is 0 Å². The van der Waals surface area contributed by atoms with Gasteiger partial charge in [0.2, 0.25) is 5.91 Å². The lowest BCUT2D eigenvalue weighted by atomic mass is 10.2. The van der Waals surface area contributed by atoms with Crippen molar-refractivity contribution >= 4 is 29.3 Å². The van der Waals surface area contributed by atoms with Gasteiger partial charge in [0.25, 0.3) is 0 Å². The van der Waals surface area contributed by atoms with Crippen molar-refractivity contribution in [2.45, 2.75) is 19.4 Å². The molecule has 21 heavy (non-hydrogen) atoms. The van der Waals surface area contributed by atoms with E-state index in [0.717, 1.165) is 0 Å². The van der Waals surface area contributed by atoms with Gasteiger partial charge in [-0.05, 0) is 24.3 Å². The number of nitrogens with one attached hydrogen (secondary N) is 3. The van der Waals surface area contributed by atoms with Gasteiger partial charge in [0.15, 0.2) is 6.10 Å². The quantitative estimate of drug-likeness (QED) is 0.525. The summed E-state index contributed by atoms with van der Waals surface area (Å²) in [6.07, 6.45) is -1.58. The van der Waals surface area contributed by atoms with Crippen molar-refractivity contribution in [2.75, 3.05) is 17.2 Å². The van der Waals surface area contributed by atoms with E-state index in [9.17, 15) is 14.4 Å². The lowest BCUT2D eigenvalue weighted by molar-refractivity contribution is -0.146. The van der Waals surface area contributed by atoms with Gasteiger partial charge in [-0.3, -0.25) is 4.79 Å². The molecule has 5 N–H and O–H groups in total. The molecule has 1 atom stereocenters. The maximum absolute atomic E-state index is 11.5. The Balaban J connectivity index is 2.37. The van der Waals surface area contributed by atoms with Gasteiger partial charge in [0.05, 0.1) is 0 Å². The van der Waals surface area contributed by atoms with Crippen LogP contribution in [0.2, 0.25) is 0 Å². The Hall–Kier alpha value is -2.61. The number of carbonyl (C=O) groups excluding carboxylic acids is 2. The molecular weight excluding hydrogens is 278 g/mol. The van der Waals surface area contributed by atoms with E-state index in [0.29, 0.717) is 11.4 Å². The topological polar surface area (TPSA) is 128 Å². The third-order valence-electron chi connectivity index (χ3n) is 2.45. The minimum absolute atomic E-state index is 0.0310. The molecule has 1 aromatic carbocycles. The van der Waals surface area contributed by atoms with Crippen LogP contribution in [0.5, 0.6) is 0 Å². The number of amides is 3. The maximum Gasteiger partial charge on any atom is 0.332 e. The van der Waals surface area contributed by atoms with E-state index in [1.165, 1.54) is 6.92 Å². The smallest absolute Gasteiger partial charge is 0.332 e. The minimum Gasteiger partial charge on any atom is -0.479 e. The van der Waals surface area contributed by atoms with Crippen molar-refractivity contribution in [3.8, 4) is 0 Å². The number of aliphatic hydroxyl groups is 1. The summed E-state index contributed by atoms with van der Waals surface area (Å²) in [5, 5.41) is 25.0. The van der Waals surface area contributed by atoms with Crippen LogP contribution in [0.3, 0.4) is 0 Å². The number of rotatable bonds is 6. The highest BCUT2D eigenvalue weighted by Crippen LogP contribution is 2.13. The molecule has 1 aromatic rings. The summed E-state index contributed by atoms with van der Waals surface area (Å²) in [7, 11) is 0. The van der Waals surface area contributed by atoms with E-state index < -0.39 is 18.1 Å². The largest absolute Gasteiger partial charge is 0.479 e.